The predicted octanol–water partition coefficient (Wildman–Crippen LogP) is 4.93. The lowest BCUT2D eigenvalue weighted by atomic mass is 9.96. The third-order valence-electron chi connectivity index (χ3n) is 14.9. The highest BCUT2D eigenvalue weighted by atomic mass is 16.8. The summed E-state index contributed by atoms with van der Waals surface area (Å²) in [6.07, 6.45) is 17.4. The Labute approximate surface area is 460 Å². The fourth-order valence-electron chi connectivity index (χ4n) is 9.99. The van der Waals surface area contributed by atoms with Crippen molar-refractivity contribution in [1.29, 1.82) is 0 Å². The van der Waals surface area contributed by atoms with Gasteiger partial charge in [0, 0.05) is 6.42 Å². The molecule has 3 aliphatic rings. The van der Waals surface area contributed by atoms with E-state index in [9.17, 15) is 61.0 Å². The normalized spacial score (nSPS) is 30.9. The molecule has 0 saturated carbocycles. The van der Waals surface area contributed by atoms with E-state index in [2.05, 4.69) is 43.5 Å². The van der Waals surface area contributed by atoms with Crippen LogP contribution in [-0.4, -0.2) is 193 Å². The summed E-state index contributed by atoms with van der Waals surface area (Å²) in [4.78, 5) is 13.2. The molecule has 3 saturated heterocycles. The van der Waals surface area contributed by atoms with Crippen LogP contribution in [0.4, 0.5) is 0 Å². The zero-order chi connectivity index (χ0) is 56.2. The minimum Gasteiger partial charge on any atom is -0.394 e. The molecule has 19 nitrogen and oxygen atoms in total. The van der Waals surface area contributed by atoms with Crippen LogP contribution in [0.3, 0.4) is 0 Å². The van der Waals surface area contributed by atoms with E-state index in [4.69, 9.17) is 28.4 Å². The van der Waals surface area contributed by atoms with Crippen molar-refractivity contribution in [3.63, 3.8) is 0 Å². The van der Waals surface area contributed by atoms with Crippen molar-refractivity contribution < 1.29 is 89.4 Å². The molecule has 0 bridgehead atoms. The van der Waals surface area contributed by atoms with Crippen LogP contribution in [0.1, 0.15) is 194 Å². The molecule has 3 fully saturated rings. The van der Waals surface area contributed by atoms with Gasteiger partial charge in [0.25, 0.3) is 0 Å². The molecule has 0 aromatic heterocycles. The Morgan fingerprint density at radius 1 is 0.455 bits per heavy atom. The molecule has 17 unspecified atom stereocenters. The van der Waals surface area contributed by atoms with Gasteiger partial charge < -0.3 is 89.9 Å². The van der Waals surface area contributed by atoms with E-state index < -0.39 is 124 Å². The van der Waals surface area contributed by atoms with Crippen molar-refractivity contribution in [2.24, 2.45) is 0 Å². The number of aliphatic hydroxyl groups excluding tert-OH is 11. The monoisotopic (exact) mass is 1100 g/mol. The molecular weight excluding hydrogens is 999 g/mol. The number of nitrogens with one attached hydrogen (secondary N) is 1. The molecule has 0 radical (unpaired) electrons. The van der Waals surface area contributed by atoms with Crippen LogP contribution < -0.4 is 5.32 Å². The second-order valence-electron chi connectivity index (χ2n) is 21.4. The van der Waals surface area contributed by atoms with Crippen LogP contribution >= 0.6 is 0 Å². The molecule has 19 heteroatoms. The third kappa shape index (κ3) is 26.2. The molecule has 17 atom stereocenters. The maximum absolute atomic E-state index is 13.2. The van der Waals surface area contributed by atoms with E-state index in [0.29, 0.717) is 12.8 Å². The second-order valence-corrected chi connectivity index (χ2v) is 21.4. The van der Waals surface area contributed by atoms with Gasteiger partial charge in [-0.15, -0.1) is 0 Å². The molecule has 3 heterocycles. The van der Waals surface area contributed by atoms with Gasteiger partial charge in [-0.1, -0.05) is 179 Å². The first kappa shape index (κ1) is 69.3. The average molecular weight is 1100 g/mol. The first-order chi connectivity index (χ1) is 37.3. The predicted molar refractivity (Wildman–Crippen MR) is 291 cm³/mol. The van der Waals surface area contributed by atoms with Gasteiger partial charge in [-0.2, -0.15) is 0 Å². The number of unbranched alkanes of at least 4 members (excludes halogenated alkanes) is 23. The number of allylic oxidation sites excluding steroid dienone is 5. The lowest BCUT2D eigenvalue weighted by Gasteiger charge is -2.48. The number of aliphatic hydroxyl groups is 11. The highest BCUT2D eigenvalue weighted by molar-refractivity contribution is 5.76. The number of carbonyl (C=O) groups is 1. The summed E-state index contributed by atoms with van der Waals surface area (Å²) in [7, 11) is 0. The Hall–Kier alpha value is -1.99. The van der Waals surface area contributed by atoms with Crippen molar-refractivity contribution in [3.05, 3.63) is 36.5 Å². The van der Waals surface area contributed by atoms with Gasteiger partial charge in [0.1, 0.15) is 73.2 Å². The zero-order valence-electron chi connectivity index (χ0n) is 46.7. The molecule has 12 N–H and O–H groups in total. The van der Waals surface area contributed by atoms with Gasteiger partial charge in [-0.3, -0.25) is 4.79 Å². The summed E-state index contributed by atoms with van der Waals surface area (Å²) in [5.74, 6) is -0.296. The number of rotatable bonds is 43. The Balaban J connectivity index is 1.47. The first-order valence-corrected chi connectivity index (χ1v) is 29.7. The van der Waals surface area contributed by atoms with E-state index in [1.807, 2.05) is 6.08 Å². The largest absolute Gasteiger partial charge is 0.394 e. The maximum atomic E-state index is 13.2. The fraction of sp³-hybridized carbons (Fsp3) is 0.879. The minimum atomic E-state index is -1.98. The van der Waals surface area contributed by atoms with Gasteiger partial charge in [-0.05, 0) is 44.9 Å². The fourth-order valence-corrected chi connectivity index (χ4v) is 9.99. The number of carbonyl (C=O) groups excluding carboxylic acids is 1. The van der Waals surface area contributed by atoms with E-state index in [-0.39, 0.29) is 18.9 Å². The minimum absolute atomic E-state index is 0.232. The van der Waals surface area contributed by atoms with Gasteiger partial charge in [0.15, 0.2) is 18.9 Å². The molecule has 77 heavy (non-hydrogen) atoms. The van der Waals surface area contributed by atoms with Gasteiger partial charge >= 0.3 is 0 Å². The highest BCUT2D eigenvalue weighted by Gasteiger charge is 2.53. The summed E-state index contributed by atoms with van der Waals surface area (Å²) in [5, 5.41) is 120. The van der Waals surface area contributed by atoms with Crippen molar-refractivity contribution in [3.8, 4) is 0 Å². The Morgan fingerprint density at radius 2 is 0.831 bits per heavy atom. The topological polar surface area (TPSA) is 307 Å². The van der Waals surface area contributed by atoms with Crippen LogP contribution in [0, 0.1) is 0 Å². The lowest BCUT2D eigenvalue weighted by molar-refractivity contribution is -0.379. The molecular formula is C58H105NO18. The van der Waals surface area contributed by atoms with Crippen molar-refractivity contribution in [2.45, 2.75) is 298 Å². The summed E-state index contributed by atoms with van der Waals surface area (Å²) in [5.41, 5.74) is 0. The molecule has 3 aliphatic heterocycles. The van der Waals surface area contributed by atoms with E-state index in [1.54, 1.807) is 6.08 Å². The van der Waals surface area contributed by atoms with Crippen molar-refractivity contribution in [1.82, 2.24) is 5.32 Å². The lowest BCUT2D eigenvalue weighted by Crippen LogP contribution is -2.66. The third-order valence-corrected chi connectivity index (χ3v) is 14.9. The molecule has 1 amide bonds. The Kier molecular flexibility index (Phi) is 37.7. The first-order valence-electron chi connectivity index (χ1n) is 29.7. The average Bonchev–Trinajstić information content (AvgIpc) is 3.42. The van der Waals surface area contributed by atoms with Crippen LogP contribution in [0.2, 0.25) is 0 Å². The smallest absolute Gasteiger partial charge is 0.220 e. The van der Waals surface area contributed by atoms with E-state index >= 15 is 0 Å². The van der Waals surface area contributed by atoms with E-state index in [0.717, 1.165) is 51.4 Å². The second kappa shape index (κ2) is 41.9. The van der Waals surface area contributed by atoms with E-state index in [1.165, 1.54) is 109 Å². The van der Waals surface area contributed by atoms with Crippen LogP contribution in [0.15, 0.2) is 36.5 Å². The molecule has 450 valence electrons. The summed E-state index contributed by atoms with van der Waals surface area (Å²) >= 11 is 0. The molecule has 0 spiro atoms. The summed E-state index contributed by atoms with van der Waals surface area (Å²) < 4.78 is 34.1. The van der Waals surface area contributed by atoms with Gasteiger partial charge in [0.05, 0.1) is 38.6 Å². The van der Waals surface area contributed by atoms with Gasteiger partial charge in [0.2, 0.25) is 5.91 Å². The summed E-state index contributed by atoms with van der Waals surface area (Å²) in [6.45, 7) is 1.64. The SMILES string of the molecule is CCCCCCCCCCCCCCCC/C=C/CC/C=C/CC/C=C/C(O)C(COC1OC(CO)C(OC2OC(CO)C(OC3OC(CO)C(O)C(O)C3O)C(O)C2O)C(O)C1O)NC(=O)CCCCCCCCCC. The van der Waals surface area contributed by atoms with Crippen molar-refractivity contribution >= 4 is 5.91 Å². The Bertz CT molecular complexity index is 1550. The molecule has 0 aliphatic carbocycles. The van der Waals surface area contributed by atoms with Crippen LogP contribution in [0.25, 0.3) is 0 Å². The highest BCUT2D eigenvalue weighted by Crippen LogP contribution is 2.33. The Morgan fingerprint density at radius 3 is 1.30 bits per heavy atom. The summed E-state index contributed by atoms with van der Waals surface area (Å²) in [6, 6.07) is -0.991. The molecule has 0 aromatic carbocycles. The zero-order valence-corrected chi connectivity index (χ0v) is 46.7. The standard InChI is InChI=1S/C58H105NO18/c1-3-5-7-9-11-13-14-15-16-17-18-19-20-21-22-23-24-25-26-27-28-29-31-33-35-42(63)41(59-46(64)36-34-32-30-12-10-8-6-4-2)40-72-56-52(70)49(67)54(44(38-61)74-56)77-58-53(71)50(68)55(45(39-62)75-58)76-57-51(69)48(66)47(65)43(37-60)73-57/h23-24,27-28,33,35,41-45,47-58,60-63,65-71H,3-22,25-26,29-32,34,36-40H2,1-2H3,(H,59,64)/b24-23+,28-27+,35-33+. The van der Waals surface area contributed by atoms with Crippen LogP contribution in [0.5, 0.6) is 0 Å². The maximum Gasteiger partial charge on any atom is 0.220 e. The number of hydrogen-bond donors (Lipinski definition) is 12. The van der Waals surface area contributed by atoms with Gasteiger partial charge in [-0.25, -0.2) is 0 Å². The quantitative estimate of drug-likeness (QED) is 0.0285. The molecule has 0 aromatic rings. The number of ether oxygens (including phenoxy) is 6. The molecule has 3 rings (SSSR count). The number of hydrogen-bond acceptors (Lipinski definition) is 18. The van der Waals surface area contributed by atoms with Crippen molar-refractivity contribution in [2.75, 3.05) is 26.4 Å². The van der Waals surface area contributed by atoms with Crippen LogP contribution in [-0.2, 0) is 33.2 Å². The number of amides is 1.